The molecule has 0 unspecified atom stereocenters. The van der Waals surface area contributed by atoms with Crippen LogP contribution in [0.1, 0.15) is 5.56 Å². The first-order chi connectivity index (χ1) is 8.18. The van der Waals surface area contributed by atoms with Gasteiger partial charge in [-0.1, -0.05) is 34.1 Å². The van der Waals surface area contributed by atoms with Crippen LogP contribution in [0.25, 0.3) is 0 Å². The van der Waals surface area contributed by atoms with E-state index in [1.807, 2.05) is 30.1 Å². The second-order valence-corrected chi connectivity index (χ2v) is 4.60. The second kappa shape index (κ2) is 5.14. The zero-order chi connectivity index (χ0) is 12.3. The van der Waals surface area contributed by atoms with Crippen LogP contribution in [-0.4, -0.2) is 17.0 Å². The van der Waals surface area contributed by atoms with Crippen LogP contribution in [0.2, 0.25) is 0 Å². The van der Waals surface area contributed by atoms with Gasteiger partial charge in [-0.05, 0) is 11.6 Å². The highest BCUT2D eigenvalue weighted by Crippen LogP contribution is 2.22. The minimum absolute atomic E-state index is 0.585. The number of hydrogen-bond donors (Lipinski definition) is 1. The summed E-state index contributed by atoms with van der Waals surface area (Å²) in [5, 5.41) is 0. The van der Waals surface area contributed by atoms with E-state index in [-0.39, 0.29) is 0 Å². The van der Waals surface area contributed by atoms with Crippen molar-refractivity contribution in [2.45, 2.75) is 6.54 Å². The van der Waals surface area contributed by atoms with Crippen LogP contribution >= 0.6 is 15.9 Å². The van der Waals surface area contributed by atoms with E-state index in [1.165, 1.54) is 11.9 Å². The quantitative estimate of drug-likeness (QED) is 0.944. The fraction of sp³-hybridized carbons (Fsp3) is 0.167. The predicted molar refractivity (Wildman–Crippen MR) is 72.7 cm³/mol. The smallest absolute Gasteiger partial charge is 0.155 e. The third-order valence-corrected chi connectivity index (χ3v) is 3.22. The minimum Gasteiger partial charge on any atom is -0.394 e. The van der Waals surface area contributed by atoms with Crippen molar-refractivity contribution in [3.8, 4) is 0 Å². The molecule has 0 saturated heterocycles. The van der Waals surface area contributed by atoms with Gasteiger partial charge in [0.1, 0.15) is 6.33 Å². The highest BCUT2D eigenvalue weighted by atomic mass is 79.9. The number of benzene rings is 1. The Morgan fingerprint density at radius 3 is 2.82 bits per heavy atom. The number of nitrogens with two attached hydrogens (primary N) is 1. The lowest BCUT2D eigenvalue weighted by atomic mass is 10.2. The van der Waals surface area contributed by atoms with E-state index >= 15 is 0 Å². The van der Waals surface area contributed by atoms with Crippen LogP contribution in [0, 0.1) is 0 Å². The summed E-state index contributed by atoms with van der Waals surface area (Å²) in [6.07, 6.45) is 3.11. The number of nitrogens with zero attached hydrogens (tertiary/aromatic N) is 3. The first-order valence-electron chi connectivity index (χ1n) is 5.18. The zero-order valence-corrected chi connectivity index (χ0v) is 11.1. The molecule has 2 aromatic rings. The molecule has 0 amide bonds. The van der Waals surface area contributed by atoms with Crippen molar-refractivity contribution in [1.29, 1.82) is 0 Å². The number of rotatable bonds is 3. The molecule has 17 heavy (non-hydrogen) atoms. The highest BCUT2D eigenvalue weighted by Gasteiger charge is 2.08. The molecule has 0 aliphatic carbocycles. The molecule has 0 aliphatic rings. The normalized spacial score (nSPS) is 10.2. The van der Waals surface area contributed by atoms with Crippen molar-refractivity contribution in [2.24, 2.45) is 0 Å². The van der Waals surface area contributed by atoms with Crippen LogP contribution < -0.4 is 10.6 Å². The molecule has 0 radical (unpaired) electrons. The average Bonchev–Trinajstić information content (AvgIpc) is 2.32. The lowest BCUT2D eigenvalue weighted by Gasteiger charge is -2.19. The number of nitrogen functional groups attached to an aromatic ring is 1. The first kappa shape index (κ1) is 11.9. The lowest BCUT2D eigenvalue weighted by molar-refractivity contribution is 0.890. The van der Waals surface area contributed by atoms with Gasteiger partial charge in [-0.15, -0.1) is 0 Å². The van der Waals surface area contributed by atoms with E-state index in [1.54, 1.807) is 6.20 Å². The largest absolute Gasteiger partial charge is 0.394 e. The Labute approximate surface area is 109 Å². The molecular weight excluding hydrogens is 280 g/mol. The average molecular weight is 293 g/mol. The fourth-order valence-electron chi connectivity index (χ4n) is 1.61. The van der Waals surface area contributed by atoms with Gasteiger partial charge in [-0.3, -0.25) is 0 Å². The van der Waals surface area contributed by atoms with Crippen molar-refractivity contribution in [3.63, 3.8) is 0 Å². The van der Waals surface area contributed by atoms with Crippen molar-refractivity contribution in [2.75, 3.05) is 17.7 Å². The molecule has 1 aromatic heterocycles. The molecule has 0 spiro atoms. The van der Waals surface area contributed by atoms with Gasteiger partial charge < -0.3 is 10.6 Å². The summed E-state index contributed by atoms with van der Waals surface area (Å²) >= 11 is 3.53. The third kappa shape index (κ3) is 2.74. The van der Waals surface area contributed by atoms with Crippen LogP contribution in [0.5, 0.6) is 0 Å². The minimum atomic E-state index is 0.585. The van der Waals surface area contributed by atoms with Gasteiger partial charge in [0.25, 0.3) is 0 Å². The second-order valence-electron chi connectivity index (χ2n) is 3.75. The Bertz CT molecular complexity index is 515. The topological polar surface area (TPSA) is 55.0 Å². The molecular formula is C12H13BrN4. The van der Waals surface area contributed by atoms with Gasteiger partial charge in [-0.2, -0.15) is 0 Å². The van der Waals surface area contributed by atoms with Crippen LogP contribution in [0.3, 0.4) is 0 Å². The molecule has 2 N–H and O–H groups in total. The molecule has 88 valence electrons. The van der Waals surface area contributed by atoms with E-state index in [4.69, 9.17) is 5.73 Å². The van der Waals surface area contributed by atoms with Crippen LogP contribution in [-0.2, 0) is 6.54 Å². The molecule has 4 nitrogen and oxygen atoms in total. The fourth-order valence-corrected chi connectivity index (χ4v) is 2.02. The van der Waals surface area contributed by atoms with Crippen molar-refractivity contribution in [1.82, 2.24) is 9.97 Å². The standard InChI is InChI=1S/C12H13BrN4/c1-17(12-11(14)6-15-8-16-12)7-9-4-2-3-5-10(9)13/h2-6,8H,7,14H2,1H3. The summed E-state index contributed by atoms with van der Waals surface area (Å²) < 4.78 is 1.08. The molecule has 0 atom stereocenters. The molecule has 2 rings (SSSR count). The van der Waals surface area contributed by atoms with Crippen molar-refractivity contribution < 1.29 is 0 Å². The molecule has 0 bridgehead atoms. The maximum atomic E-state index is 5.83. The van der Waals surface area contributed by atoms with Gasteiger partial charge in [0.15, 0.2) is 5.82 Å². The van der Waals surface area contributed by atoms with E-state index in [0.717, 1.165) is 16.8 Å². The molecule has 5 heteroatoms. The Morgan fingerprint density at radius 2 is 2.12 bits per heavy atom. The summed E-state index contributed by atoms with van der Waals surface area (Å²) in [5.41, 5.74) is 7.61. The Hall–Kier alpha value is -1.62. The first-order valence-corrected chi connectivity index (χ1v) is 5.98. The Balaban J connectivity index is 2.20. The number of hydrogen-bond acceptors (Lipinski definition) is 4. The SMILES string of the molecule is CN(Cc1ccccc1Br)c1ncncc1N. The summed E-state index contributed by atoms with van der Waals surface area (Å²) in [7, 11) is 1.96. The molecule has 0 fully saturated rings. The van der Waals surface area contributed by atoms with Gasteiger partial charge in [0, 0.05) is 18.1 Å². The van der Waals surface area contributed by atoms with E-state index in [9.17, 15) is 0 Å². The molecule has 0 saturated carbocycles. The Morgan fingerprint density at radius 1 is 1.35 bits per heavy atom. The van der Waals surface area contributed by atoms with Gasteiger partial charge in [-0.25, -0.2) is 9.97 Å². The molecule has 1 heterocycles. The van der Waals surface area contributed by atoms with E-state index < -0.39 is 0 Å². The van der Waals surface area contributed by atoms with Gasteiger partial charge >= 0.3 is 0 Å². The summed E-state index contributed by atoms with van der Waals surface area (Å²) in [4.78, 5) is 10.1. The monoisotopic (exact) mass is 292 g/mol. The maximum absolute atomic E-state index is 5.83. The number of halogens is 1. The predicted octanol–water partition coefficient (Wildman–Crippen LogP) is 2.46. The van der Waals surface area contributed by atoms with Crippen LogP contribution in [0.15, 0.2) is 41.3 Å². The maximum Gasteiger partial charge on any atom is 0.155 e. The van der Waals surface area contributed by atoms with Gasteiger partial charge in [0.05, 0.1) is 11.9 Å². The molecule has 0 aliphatic heterocycles. The van der Waals surface area contributed by atoms with E-state index in [2.05, 4.69) is 32.0 Å². The Kier molecular flexibility index (Phi) is 3.58. The van der Waals surface area contributed by atoms with Crippen molar-refractivity contribution in [3.05, 3.63) is 46.8 Å². The zero-order valence-electron chi connectivity index (χ0n) is 9.47. The molecule has 1 aromatic carbocycles. The van der Waals surface area contributed by atoms with Crippen LogP contribution in [0.4, 0.5) is 11.5 Å². The highest BCUT2D eigenvalue weighted by molar-refractivity contribution is 9.10. The lowest BCUT2D eigenvalue weighted by Crippen LogP contribution is -2.19. The summed E-state index contributed by atoms with van der Waals surface area (Å²) in [6.45, 7) is 0.739. The van der Waals surface area contributed by atoms with Crippen molar-refractivity contribution >= 4 is 27.4 Å². The van der Waals surface area contributed by atoms with E-state index in [0.29, 0.717) is 5.69 Å². The summed E-state index contributed by atoms with van der Waals surface area (Å²) in [5.74, 6) is 0.746. The number of aromatic nitrogens is 2. The summed E-state index contributed by atoms with van der Waals surface area (Å²) in [6, 6.07) is 8.09. The third-order valence-electron chi connectivity index (χ3n) is 2.45. The number of anilines is 2. The van der Waals surface area contributed by atoms with Gasteiger partial charge in [0.2, 0.25) is 0 Å².